The average molecular weight is 295 g/mol. The first-order valence-electron chi connectivity index (χ1n) is 6.15. The molecule has 0 atom stereocenters. The van der Waals surface area contributed by atoms with Gasteiger partial charge in [0.2, 0.25) is 10.0 Å². The molecule has 2 aromatic rings. The van der Waals surface area contributed by atoms with E-state index in [-0.39, 0.29) is 18.0 Å². The Labute approximate surface area is 118 Å². The second-order valence-corrected chi connectivity index (χ2v) is 6.17. The quantitative estimate of drug-likeness (QED) is 0.864. The molecular formula is C13H17N3O3S. The highest BCUT2D eigenvalue weighted by atomic mass is 32.2. The Balaban J connectivity index is 2.24. The molecule has 0 aliphatic heterocycles. The molecule has 2 rings (SSSR count). The van der Waals surface area contributed by atoms with Crippen molar-refractivity contribution in [2.24, 2.45) is 5.73 Å². The lowest BCUT2D eigenvalue weighted by Gasteiger charge is -2.10. The topological polar surface area (TPSA) is 98.2 Å². The molecule has 0 saturated carbocycles. The van der Waals surface area contributed by atoms with Crippen LogP contribution in [0, 0.1) is 13.8 Å². The fourth-order valence-electron chi connectivity index (χ4n) is 1.93. The highest BCUT2D eigenvalue weighted by Gasteiger charge is 2.19. The largest absolute Gasteiger partial charge is 0.361 e. The van der Waals surface area contributed by atoms with Crippen LogP contribution >= 0.6 is 0 Å². The van der Waals surface area contributed by atoms with Gasteiger partial charge in [-0.2, -0.15) is 0 Å². The van der Waals surface area contributed by atoms with Crippen LogP contribution in [0.3, 0.4) is 0 Å². The van der Waals surface area contributed by atoms with Crippen LogP contribution in [0.4, 0.5) is 0 Å². The molecule has 20 heavy (non-hydrogen) atoms. The van der Waals surface area contributed by atoms with E-state index in [2.05, 4.69) is 9.88 Å². The summed E-state index contributed by atoms with van der Waals surface area (Å²) in [5, 5.41) is 3.79. The Bertz CT molecular complexity index is 688. The normalized spacial score (nSPS) is 11.8. The first kappa shape index (κ1) is 14.7. The van der Waals surface area contributed by atoms with E-state index in [1.165, 1.54) is 6.07 Å². The van der Waals surface area contributed by atoms with E-state index in [0.29, 0.717) is 17.0 Å². The maximum Gasteiger partial charge on any atom is 0.241 e. The smallest absolute Gasteiger partial charge is 0.241 e. The highest BCUT2D eigenvalue weighted by Crippen LogP contribution is 2.17. The van der Waals surface area contributed by atoms with Gasteiger partial charge in [-0.05, 0) is 25.5 Å². The number of benzene rings is 1. The lowest BCUT2D eigenvalue weighted by atomic mass is 10.2. The van der Waals surface area contributed by atoms with Crippen molar-refractivity contribution in [3.8, 4) is 0 Å². The standard InChI is InChI=1S/C13H17N3O3S/c1-9-12(10(2)19-16-9)8-15-20(17,18)13-6-4-3-5-11(13)7-14/h3-6,15H,7-8,14H2,1-2H3. The Hall–Kier alpha value is -1.70. The van der Waals surface area contributed by atoms with Gasteiger partial charge in [-0.15, -0.1) is 0 Å². The predicted molar refractivity (Wildman–Crippen MR) is 74.3 cm³/mol. The van der Waals surface area contributed by atoms with Crippen molar-refractivity contribution in [1.29, 1.82) is 0 Å². The van der Waals surface area contributed by atoms with E-state index in [1.807, 2.05) is 0 Å². The van der Waals surface area contributed by atoms with Crippen LogP contribution in [0.1, 0.15) is 22.6 Å². The van der Waals surface area contributed by atoms with Gasteiger partial charge in [0.25, 0.3) is 0 Å². The van der Waals surface area contributed by atoms with Crippen molar-refractivity contribution < 1.29 is 12.9 Å². The van der Waals surface area contributed by atoms with Crippen molar-refractivity contribution >= 4 is 10.0 Å². The summed E-state index contributed by atoms with van der Waals surface area (Å²) in [6.45, 7) is 3.83. The van der Waals surface area contributed by atoms with Crippen molar-refractivity contribution in [3.63, 3.8) is 0 Å². The first-order chi connectivity index (χ1) is 9.45. The average Bonchev–Trinajstić information content (AvgIpc) is 2.76. The van der Waals surface area contributed by atoms with Gasteiger partial charge in [-0.1, -0.05) is 23.4 Å². The van der Waals surface area contributed by atoms with Gasteiger partial charge in [0.15, 0.2) is 0 Å². The molecule has 1 aromatic carbocycles. The van der Waals surface area contributed by atoms with Crippen LogP contribution < -0.4 is 10.5 Å². The van der Waals surface area contributed by atoms with Crippen molar-refractivity contribution in [3.05, 3.63) is 46.8 Å². The van der Waals surface area contributed by atoms with E-state index in [4.69, 9.17) is 10.3 Å². The summed E-state index contributed by atoms with van der Waals surface area (Å²) >= 11 is 0. The van der Waals surface area contributed by atoms with Crippen molar-refractivity contribution in [2.75, 3.05) is 0 Å². The Morgan fingerprint density at radius 1 is 1.30 bits per heavy atom. The predicted octanol–water partition coefficient (Wildman–Crippen LogP) is 1.23. The summed E-state index contributed by atoms with van der Waals surface area (Å²) in [5.41, 5.74) is 7.58. The summed E-state index contributed by atoms with van der Waals surface area (Å²) in [7, 11) is -3.61. The van der Waals surface area contributed by atoms with Crippen LogP contribution in [0.15, 0.2) is 33.7 Å². The SMILES string of the molecule is Cc1noc(C)c1CNS(=O)(=O)c1ccccc1CN. The lowest BCUT2D eigenvalue weighted by Crippen LogP contribution is -2.25. The molecule has 0 bridgehead atoms. The maximum atomic E-state index is 12.3. The molecule has 0 aliphatic carbocycles. The van der Waals surface area contributed by atoms with Gasteiger partial charge in [0, 0.05) is 18.7 Å². The Morgan fingerprint density at radius 3 is 2.60 bits per heavy atom. The lowest BCUT2D eigenvalue weighted by molar-refractivity contribution is 0.392. The number of hydrogen-bond donors (Lipinski definition) is 2. The minimum absolute atomic E-state index is 0.141. The molecule has 6 nitrogen and oxygen atoms in total. The third-order valence-electron chi connectivity index (χ3n) is 3.10. The first-order valence-corrected chi connectivity index (χ1v) is 7.63. The summed E-state index contributed by atoms with van der Waals surface area (Å²) in [6.07, 6.45) is 0. The second-order valence-electron chi connectivity index (χ2n) is 4.44. The van der Waals surface area contributed by atoms with Crippen molar-refractivity contribution in [1.82, 2.24) is 9.88 Å². The molecule has 1 heterocycles. The number of nitrogens with zero attached hydrogens (tertiary/aromatic N) is 1. The zero-order valence-corrected chi connectivity index (χ0v) is 12.2. The number of aryl methyl sites for hydroxylation is 2. The number of nitrogens with two attached hydrogens (primary N) is 1. The Kier molecular flexibility index (Phi) is 4.22. The van der Waals surface area contributed by atoms with Gasteiger partial charge < -0.3 is 10.3 Å². The zero-order chi connectivity index (χ0) is 14.8. The summed E-state index contributed by atoms with van der Waals surface area (Å²) in [6, 6.07) is 6.67. The monoisotopic (exact) mass is 295 g/mol. The molecule has 0 saturated heterocycles. The molecule has 0 amide bonds. The van der Waals surface area contributed by atoms with E-state index in [0.717, 1.165) is 5.56 Å². The van der Waals surface area contributed by atoms with Crippen molar-refractivity contribution in [2.45, 2.75) is 31.8 Å². The van der Waals surface area contributed by atoms with Crippen LogP contribution in [-0.4, -0.2) is 13.6 Å². The number of nitrogens with one attached hydrogen (secondary N) is 1. The van der Waals surface area contributed by atoms with E-state index < -0.39 is 10.0 Å². The van der Waals surface area contributed by atoms with Crippen LogP contribution in [0.2, 0.25) is 0 Å². The molecule has 0 aliphatic rings. The molecule has 0 spiro atoms. The number of rotatable bonds is 5. The second kappa shape index (κ2) is 5.74. The summed E-state index contributed by atoms with van der Waals surface area (Å²) in [5.74, 6) is 0.609. The minimum Gasteiger partial charge on any atom is -0.361 e. The summed E-state index contributed by atoms with van der Waals surface area (Å²) < 4.78 is 32.2. The highest BCUT2D eigenvalue weighted by molar-refractivity contribution is 7.89. The molecule has 1 aromatic heterocycles. The van der Waals surface area contributed by atoms with E-state index in [9.17, 15) is 8.42 Å². The number of aromatic nitrogens is 1. The van der Waals surface area contributed by atoms with Crippen LogP contribution in [-0.2, 0) is 23.1 Å². The van der Waals surface area contributed by atoms with E-state index in [1.54, 1.807) is 32.0 Å². The Morgan fingerprint density at radius 2 is 2.00 bits per heavy atom. The maximum absolute atomic E-state index is 12.3. The molecule has 0 unspecified atom stereocenters. The van der Waals surface area contributed by atoms with Gasteiger partial charge in [0.05, 0.1) is 10.6 Å². The van der Waals surface area contributed by atoms with Gasteiger partial charge in [0.1, 0.15) is 5.76 Å². The summed E-state index contributed by atoms with van der Waals surface area (Å²) in [4.78, 5) is 0.203. The van der Waals surface area contributed by atoms with Gasteiger partial charge in [-0.3, -0.25) is 0 Å². The molecule has 0 radical (unpaired) electrons. The van der Waals surface area contributed by atoms with E-state index >= 15 is 0 Å². The molecule has 7 heteroatoms. The van der Waals surface area contributed by atoms with Gasteiger partial charge in [-0.25, -0.2) is 13.1 Å². The van der Waals surface area contributed by atoms with Gasteiger partial charge >= 0.3 is 0 Å². The fraction of sp³-hybridized carbons (Fsp3) is 0.308. The number of hydrogen-bond acceptors (Lipinski definition) is 5. The molecular weight excluding hydrogens is 278 g/mol. The minimum atomic E-state index is -3.61. The number of sulfonamides is 1. The van der Waals surface area contributed by atoms with Crippen LogP contribution in [0.25, 0.3) is 0 Å². The zero-order valence-electron chi connectivity index (χ0n) is 11.4. The molecule has 3 N–H and O–H groups in total. The molecule has 0 fully saturated rings. The third kappa shape index (κ3) is 2.90. The van der Waals surface area contributed by atoms with Crippen LogP contribution in [0.5, 0.6) is 0 Å². The molecule has 108 valence electrons. The fourth-order valence-corrected chi connectivity index (χ4v) is 3.18. The third-order valence-corrected chi connectivity index (χ3v) is 4.60.